The molecule has 31 heavy (non-hydrogen) atoms. The van der Waals surface area contributed by atoms with E-state index in [1.165, 1.54) is 5.56 Å². The average molecular weight is 424 g/mol. The number of rotatable bonds is 4. The molecule has 1 amide bonds. The van der Waals surface area contributed by atoms with E-state index in [1.54, 1.807) is 0 Å². The van der Waals surface area contributed by atoms with E-state index in [-0.39, 0.29) is 24.2 Å². The molecule has 2 N–H and O–H groups in total. The van der Waals surface area contributed by atoms with Gasteiger partial charge < -0.3 is 19.5 Å². The fraction of sp³-hybridized carbons (Fsp3) is 0.417. The van der Waals surface area contributed by atoms with Crippen LogP contribution >= 0.6 is 0 Å². The number of hydrogen-bond donors (Lipinski definition) is 2. The van der Waals surface area contributed by atoms with Crippen LogP contribution in [0.15, 0.2) is 47.5 Å². The molecule has 4 rings (SSSR count). The minimum absolute atomic E-state index is 0.0316. The summed E-state index contributed by atoms with van der Waals surface area (Å²) in [7, 11) is 0. The molecule has 7 heteroatoms. The first-order valence-corrected chi connectivity index (χ1v) is 10.6. The Morgan fingerprint density at radius 1 is 1.10 bits per heavy atom. The lowest BCUT2D eigenvalue weighted by Crippen LogP contribution is -2.36. The lowest BCUT2D eigenvalue weighted by atomic mass is 9.87. The van der Waals surface area contributed by atoms with Crippen molar-refractivity contribution in [2.75, 3.05) is 25.3 Å². The fourth-order valence-electron chi connectivity index (χ4n) is 3.50. The zero-order valence-electron chi connectivity index (χ0n) is 18.2. The van der Waals surface area contributed by atoms with Gasteiger partial charge in [0.05, 0.1) is 12.6 Å². The van der Waals surface area contributed by atoms with E-state index in [1.807, 2.05) is 42.5 Å². The number of ether oxygens (including phenoxy) is 3. The van der Waals surface area contributed by atoms with Crippen molar-refractivity contribution in [2.24, 2.45) is 4.99 Å². The number of carbonyl (C=O) groups is 1. The quantitative estimate of drug-likeness (QED) is 0.572. The fourth-order valence-corrected chi connectivity index (χ4v) is 3.50. The van der Waals surface area contributed by atoms with Gasteiger partial charge in [0, 0.05) is 23.9 Å². The number of nitrogens with zero attached hydrogens (tertiary/aromatic N) is 1. The van der Waals surface area contributed by atoms with Crippen molar-refractivity contribution < 1.29 is 19.0 Å². The number of amides is 1. The van der Waals surface area contributed by atoms with Gasteiger partial charge in [-0.15, -0.1) is 0 Å². The Morgan fingerprint density at radius 2 is 1.87 bits per heavy atom. The predicted molar refractivity (Wildman–Crippen MR) is 120 cm³/mol. The van der Waals surface area contributed by atoms with Crippen molar-refractivity contribution in [3.63, 3.8) is 0 Å². The molecule has 0 aliphatic carbocycles. The molecule has 2 aliphatic heterocycles. The Balaban J connectivity index is 1.49. The summed E-state index contributed by atoms with van der Waals surface area (Å²) in [5.74, 6) is 1.51. The van der Waals surface area contributed by atoms with E-state index < -0.39 is 0 Å². The Hall–Kier alpha value is -3.06. The molecule has 0 unspecified atom stereocenters. The molecule has 0 radical (unpaired) electrons. The molecule has 2 aromatic carbocycles. The van der Waals surface area contributed by atoms with Crippen LogP contribution in [0.2, 0.25) is 0 Å². The third kappa shape index (κ3) is 5.35. The highest BCUT2D eigenvalue weighted by Crippen LogP contribution is 2.34. The van der Waals surface area contributed by atoms with E-state index in [0.29, 0.717) is 29.6 Å². The van der Waals surface area contributed by atoms with Crippen LogP contribution in [-0.2, 0) is 10.2 Å². The van der Waals surface area contributed by atoms with Crippen molar-refractivity contribution in [1.82, 2.24) is 5.32 Å². The summed E-state index contributed by atoms with van der Waals surface area (Å²) in [6.45, 7) is 7.89. The normalized spacial score (nSPS) is 18.2. The third-order valence-electron chi connectivity index (χ3n) is 5.36. The zero-order chi connectivity index (χ0) is 21.8. The van der Waals surface area contributed by atoms with Gasteiger partial charge in [-0.3, -0.25) is 10.1 Å². The van der Waals surface area contributed by atoms with E-state index in [9.17, 15) is 4.79 Å². The van der Waals surface area contributed by atoms with Gasteiger partial charge in [0.1, 0.15) is 0 Å². The molecule has 0 aromatic heterocycles. The van der Waals surface area contributed by atoms with Crippen molar-refractivity contribution in [3.8, 4) is 11.5 Å². The van der Waals surface area contributed by atoms with Gasteiger partial charge >= 0.3 is 0 Å². The Bertz CT molecular complexity index is 958. The Labute approximate surface area is 182 Å². The van der Waals surface area contributed by atoms with Crippen LogP contribution < -0.4 is 20.1 Å². The molecule has 0 bridgehead atoms. The molecular formula is C24H29N3O4. The van der Waals surface area contributed by atoms with Gasteiger partial charge in [-0.1, -0.05) is 32.9 Å². The highest BCUT2D eigenvalue weighted by Gasteiger charge is 2.18. The molecule has 2 aromatic rings. The van der Waals surface area contributed by atoms with Crippen LogP contribution in [0.25, 0.3) is 0 Å². The maximum Gasteiger partial charge on any atom is 0.257 e. The third-order valence-corrected chi connectivity index (χ3v) is 5.36. The summed E-state index contributed by atoms with van der Waals surface area (Å²) in [4.78, 5) is 17.5. The summed E-state index contributed by atoms with van der Waals surface area (Å²) >= 11 is 0. The van der Waals surface area contributed by atoms with Gasteiger partial charge in [0.15, 0.2) is 11.5 Å². The van der Waals surface area contributed by atoms with E-state index >= 15 is 0 Å². The maximum atomic E-state index is 12.9. The maximum absolute atomic E-state index is 12.9. The molecule has 0 saturated carbocycles. The summed E-state index contributed by atoms with van der Waals surface area (Å²) in [5.41, 5.74) is 2.53. The standard InChI is InChI=1S/C24H29N3O4/c1-24(2,3)17-8-6-16(7-9-17)22(28)27-23(25-14-19-5-4-12-29-19)26-18-10-11-20-21(13-18)31-15-30-20/h6-11,13,19H,4-5,12,14-15H2,1-3H3,(H2,25,26,27,28)/t19-/m0/s1. The second-order valence-corrected chi connectivity index (χ2v) is 8.80. The second-order valence-electron chi connectivity index (χ2n) is 8.80. The highest BCUT2D eigenvalue weighted by atomic mass is 16.7. The van der Waals surface area contributed by atoms with Crippen molar-refractivity contribution >= 4 is 17.6 Å². The molecule has 164 valence electrons. The zero-order valence-corrected chi connectivity index (χ0v) is 18.2. The van der Waals surface area contributed by atoms with Gasteiger partial charge in [0.2, 0.25) is 12.8 Å². The number of carbonyl (C=O) groups excluding carboxylic acids is 1. The molecular weight excluding hydrogens is 394 g/mol. The summed E-state index contributed by atoms with van der Waals surface area (Å²) in [5, 5.41) is 6.10. The lowest BCUT2D eigenvalue weighted by molar-refractivity contribution is 0.0975. The molecule has 1 saturated heterocycles. The highest BCUT2D eigenvalue weighted by molar-refractivity contribution is 6.10. The topological polar surface area (TPSA) is 81.2 Å². The lowest BCUT2D eigenvalue weighted by Gasteiger charge is -2.19. The molecule has 7 nitrogen and oxygen atoms in total. The first kappa shape index (κ1) is 21.2. The molecule has 1 fully saturated rings. The van der Waals surface area contributed by atoms with E-state index in [2.05, 4.69) is 36.4 Å². The minimum Gasteiger partial charge on any atom is -0.454 e. The van der Waals surface area contributed by atoms with Gasteiger partial charge in [-0.2, -0.15) is 0 Å². The minimum atomic E-state index is -0.222. The number of hydrogen-bond acceptors (Lipinski definition) is 5. The smallest absolute Gasteiger partial charge is 0.257 e. The summed E-state index contributed by atoms with van der Waals surface area (Å²) in [6.07, 6.45) is 2.09. The molecule has 2 aliphatic rings. The number of aliphatic imine (C=N–C) groups is 1. The van der Waals surface area contributed by atoms with Crippen LogP contribution in [0.5, 0.6) is 11.5 Å². The van der Waals surface area contributed by atoms with Crippen molar-refractivity contribution in [1.29, 1.82) is 0 Å². The van der Waals surface area contributed by atoms with E-state index in [0.717, 1.165) is 25.1 Å². The first-order chi connectivity index (χ1) is 14.9. The van der Waals surface area contributed by atoms with Crippen molar-refractivity contribution in [2.45, 2.75) is 45.1 Å². The Morgan fingerprint density at radius 3 is 2.58 bits per heavy atom. The van der Waals surface area contributed by atoms with Gasteiger partial charge in [0.25, 0.3) is 5.91 Å². The first-order valence-electron chi connectivity index (χ1n) is 10.6. The number of benzene rings is 2. The average Bonchev–Trinajstić information content (AvgIpc) is 3.43. The van der Waals surface area contributed by atoms with Crippen LogP contribution in [0.4, 0.5) is 5.69 Å². The molecule has 2 heterocycles. The number of guanidine groups is 1. The predicted octanol–water partition coefficient (Wildman–Crippen LogP) is 4.09. The van der Waals surface area contributed by atoms with Crippen LogP contribution in [0.1, 0.15) is 49.5 Å². The molecule has 0 spiro atoms. The number of anilines is 1. The number of nitrogens with one attached hydrogen (secondary N) is 2. The van der Waals surface area contributed by atoms with Gasteiger partial charge in [-0.05, 0) is 48.1 Å². The second kappa shape index (κ2) is 8.98. The molecule has 1 atom stereocenters. The van der Waals surface area contributed by atoms with Crippen LogP contribution in [0.3, 0.4) is 0 Å². The van der Waals surface area contributed by atoms with E-state index in [4.69, 9.17) is 14.2 Å². The van der Waals surface area contributed by atoms with Crippen molar-refractivity contribution in [3.05, 3.63) is 53.6 Å². The Kier molecular flexibility index (Phi) is 6.13. The van der Waals surface area contributed by atoms with Crippen LogP contribution in [0, 0.1) is 0 Å². The summed E-state index contributed by atoms with van der Waals surface area (Å²) in [6, 6.07) is 13.2. The monoisotopic (exact) mass is 423 g/mol. The number of fused-ring (bicyclic) bond motifs is 1. The SMILES string of the molecule is CC(C)(C)c1ccc(C(=O)NC(=NC[C@@H]2CCCO2)Nc2ccc3c(c2)OCO3)cc1. The largest absolute Gasteiger partial charge is 0.454 e. The van der Waals surface area contributed by atoms with Crippen LogP contribution in [-0.4, -0.2) is 37.9 Å². The van der Waals surface area contributed by atoms with Gasteiger partial charge in [-0.25, -0.2) is 4.99 Å². The summed E-state index contributed by atoms with van der Waals surface area (Å²) < 4.78 is 16.5.